The summed E-state index contributed by atoms with van der Waals surface area (Å²) in [6.07, 6.45) is 1.63. The lowest BCUT2D eigenvalue weighted by Gasteiger charge is -2.04. The molecule has 0 atom stereocenters. The molecule has 84 valence electrons. The second kappa shape index (κ2) is 3.67. The van der Waals surface area contributed by atoms with E-state index < -0.39 is 0 Å². The van der Waals surface area contributed by atoms with Gasteiger partial charge in [-0.1, -0.05) is 6.07 Å². The normalized spacial score (nSPS) is 10.8. The Labute approximate surface area is 101 Å². The first-order chi connectivity index (χ1) is 8.24. The highest BCUT2D eigenvalue weighted by Crippen LogP contribution is 2.28. The number of aromatic nitrogens is 3. The highest BCUT2D eigenvalue weighted by molar-refractivity contribution is 7.16. The monoisotopic (exact) mass is 243 g/mol. The number of hydrogen-bond acceptors (Lipinski definition) is 6. The Bertz CT molecular complexity index is 691. The summed E-state index contributed by atoms with van der Waals surface area (Å²) in [6.45, 7) is 0. The number of hydrogen-bond donors (Lipinski definition) is 2. The van der Waals surface area contributed by atoms with Crippen LogP contribution in [0, 0.1) is 0 Å². The number of benzene rings is 1. The van der Waals surface area contributed by atoms with Crippen LogP contribution in [0.5, 0.6) is 0 Å². The summed E-state index contributed by atoms with van der Waals surface area (Å²) in [5, 5.41) is 0. The molecule has 0 aliphatic carbocycles. The van der Waals surface area contributed by atoms with Crippen molar-refractivity contribution in [2.45, 2.75) is 0 Å². The van der Waals surface area contributed by atoms with Gasteiger partial charge in [0.2, 0.25) is 5.95 Å². The van der Waals surface area contributed by atoms with E-state index in [-0.39, 0.29) is 5.95 Å². The summed E-state index contributed by atoms with van der Waals surface area (Å²) < 4.78 is 1.14. The summed E-state index contributed by atoms with van der Waals surface area (Å²) >= 11 is 1.60. The predicted molar refractivity (Wildman–Crippen MR) is 69.5 cm³/mol. The molecule has 2 aromatic heterocycles. The van der Waals surface area contributed by atoms with E-state index in [0.29, 0.717) is 5.82 Å². The minimum absolute atomic E-state index is 0.181. The Morgan fingerprint density at radius 1 is 1.12 bits per heavy atom. The quantitative estimate of drug-likeness (QED) is 0.681. The molecule has 2 heterocycles. The van der Waals surface area contributed by atoms with Crippen LogP contribution >= 0.6 is 11.3 Å². The third-order valence-electron chi connectivity index (χ3n) is 2.48. The van der Waals surface area contributed by atoms with Crippen molar-refractivity contribution < 1.29 is 0 Å². The number of fused-ring (bicyclic) bond motifs is 1. The van der Waals surface area contributed by atoms with Gasteiger partial charge in [0.05, 0.1) is 15.7 Å². The van der Waals surface area contributed by atoms with Gasteiger partial charge in [-0.15, -0.1) is 11.3 Å². The SMILES string of the molecule is Nc1ncc(-c2ccc3scnc3c2)c(N)n1. The van der Waals surface area contributed by atoms with Crippen molar-refractivity contribution in [2.24, 2.45) is 0 Å². The van der Waals surface area contributed by atoms with E-state index in [1.54, 1.807) is 17.5 Å². The number of thiazole rings is 1. The average Bonchev–Trinajstić information content (AvgIpc) is 2.75. The lowest BCUT2D eigenvalue weighted by atomic mass is 10.1. The first kappa shape index (κ1) is 9.98. The zero-order valence-corrected chi connectivity index (χ0v) is 9.61. The van der Waals surface area contributed by atoms with Crippen molar-refractivity contribution in [1.82, 2.24) is 15.0 Å². The second-order valence-corrected chi connectivity index (χ2v) is 4.45. The molecule has 0 radical (unpaired) electrons. The Hall–Kier alpha value is -2.21. The van der Waals surface area contributed by atoms with Gasteiger partial charge in [0.1, 0.15) is 5.82 Å². The van der Waals surface area contributed by atoms with Crippen LogP contribution in [0.2, 0.25) is 0 Å². The standard InChI is InChI=1S/C11H9N5S/c12-10-7(4-14-11(13)16-10)6-1-2-9-8(3-6)15-5-17-9/h1-5H,(H4,12,13,14,16). The van der Waals surface area contributed by atoms with Crippen molar-refractivity contribution in [3.05, 3.63) is 29.9 Å². The molecular formula is C11H9N5S. The second-order valence-electron chi connectivity index (χ2n) is 3.56. The van der Waals surface area contributed by atoms with E-state index >= 15 is 0 Å². The molecule has 0 aliphatic heterocycles. The highest BCUT2D eigenvalue weighted by Gasteiger charge is 2.07. The summed E-state index contributed by atoms with van der Waals surface area (Å²) in [7, 11) is 0. The van der Waals surface area contributed by atoms with E-state index in [0.717, 1.165) is 21.3 Å². The van der Waals surface area contributed by atoms with Gasteiger partial charge in [-0.05, 0) is 17.7 Å². The van der Waals surface area contributed by atoms with Gasteiger partial charge in [-0.3, -0.25) is 0 Å². The molecule has 0 amide bonds. The van der Waals surface area contributed by atoms with Crippen molar-refractivity contribution in [2.75, 3.05) is 11.5 Å². The van der Waals surface area contributed by atoms with Gasteiger partial charge in [-0.2, -0.15) is 4.98 Å². The molecule has 0 aliphatic rings. The molecule has 4 N–H and O–H groups in total. The fraction of sp³-hybridized carbons (Fsp3) is 0. The van der Waals surface area contributed by atoms with Crippen LogP contribution in [-0.4, -0.2) is 15.0 Å². The number of nitrogen functional groups attached to an aromatic ring is 2. The van der Waals surface area contributed by atoms with Gasteiger partial charge >= 0.3 is 0 Å². The molecule has 0 bridgehead atoms. The smallest absolute Gasteiger partial charge is 0.221 e. The molecule has 17 heavy (non-hydrogen) atoms. The van der Waals surface area contributed by atoms with Crippen LogP contribution in [0.1, 0.15) is 0 Å². The van der Waals surface area contributed by atoms with Gasteiger partial charge in [0.25, 0.3) is 0 Å². The fourth-order valence-corrected chi connectivity index (χ4v) is 2.32. The maximum absolute atomic E-state index is 5.82. The first-order valence-corrected chi connectivity index (χ1v) is 5.83. The molecule has 5 nitrogen and oxygen atoms in total. The first-order valence-electron chi connectivity index (χ1n) is 4.95. The molecule has 0 saturated heterocycles. The number of nitrogens with two attached hydrogens (primary N) is 2. The van der Waals surface area contributed by atoms with Crippen LogP contribution in [0.3, 0.4) is 0 Å². The van der Waals surface area contributed by atoms with Crippen molar-refractivity contribution >= 4 is 33.3 Å². The Morgan fingerprint density at radius 3 is 2.82 bits per heavy atom. The summed E-state index contributed by atoms with van der Waals surface area (Å²) in [4.78, 5) is 12.2. The van der Waals surface area contributed by atoms with Gasteiger partial charge in [0.15, 0.2) is 0 Å². The maximum Gasteiger partial charge on any atom is 0.221 e. The van der Waals surface area contributed by atoms with E-state index in [4.69, 9.17) is 11.5 Å². The summed E-state index contributed by atoms with van der Waals surface area (Å²) in [5.74, 6) is 0.563. The van der Waals surface area contributed by atoms with E-state index in [1.165, 1.54) is 0 Å². The lowest BCUT2D eigenvalue weighted by molar-refractivity contribution is 1.20. The van der Waals surface area contributed by atoms with Crippen molar-refractivity contribution in [3.63, 3.8) is 0 Å². The zero-order valence-electron chi connectivity index (χ0n) is 8.79. The van der Waals surface area contributed by atoms with E-state index in [2.05, 4.69) is 15.0 Å². The molecule has 0 spiro atoms. The third kappa shape index (κ3) is 1.68. The molecule has 0 fully saturated rings. The predicted octanol–water partition coefficient (Wildman–Crippen LogP) is 1.92. The van der Waals surface area contributed by atoms with E-state index in [1.807, 2.05) is 23.7 Å². The van der Waals surface area contributed by atoms with Crippen LogP contribution in [0.15, 0.2) is 29.9 Å². The van der Waals surface area contributed by atoms with E-state index in [9.17, 15) is 0 Å². The number of rotatable bonds is 1. The average molecular weight is 243 g/mol. The van der Waals surface area contributed by atoms with Crippen LogP contribution < -0.4 is 11.5 Å². The number of anilines is 2. The van der Waals surface area contributed by atoms with Crippen LogP contribution in [0.25, 0.3) is 21.3 Å². The maximum atomic E-state index is 5.82. The third-order valence-corrected chi connectivity index (χ3v) is 3.29. The van der Waals surface area contributed by atoms with Crippen LogP contribution in [-0.2, 0) is 0 Å². The Balaban J connectivity index is 2.19. The minimum Gasteiger partial charge on any atom is -0.383 e. The summed E-state index contributed by atoms with van der Waals surface area (Å²) in [5.41, 5.74) is 15.8. The zero-order chi connectivity index (χ0) is 11.8. The molecule has 0 saturated carbocycles. The molecule has 6 heteroatoms. The Morgan fingerprint density at radius 2 is 2.00 bits per heavy atom. The van der Waals surface area contributed by atoms with Gasteiger partial charge in [0, 0.05) is 11.8 Å². The summed E-state index contributed by atoms with van der Waals surface area (Å²) in [6, 6.07) is 5.96. The molecule has 3 rings (SSSR count). The highest BCUT2D eigenvalue weighted by atomic mass is 32.1. The molecule has 3 aromatic rings. The van der Waals surface area contributed by atoms with Crippen LogP contribution in [0.4, 0.5) is 11.8 Å². The topological polar surface area (TPSA) is 90.7 Å². The number of nitrogens with zero attached hydrogens (tertiary/aromatic N) is 3. The molecular weight excluding hydrogens is 234 g/mol. The van der Waals surface area contributed by atoms with Crippen molar-refractivity contribution in [1.29, 1.82) is 0 Å². The largest absolute Gasteiger partial charge is 0.383 e. The van der Waals surface area contributed by atoms with Gasteiger partial charge < -0.3 is 11.5 Å². The molecule has 1 aromatic carbocycles. The minimum atomic E-state index is 0.181. The molecule has 0 unspecified atom stereocenters. The Kier molecular flexibility index (Phi) is 2.15. The lowest BCUT2D eigenvalue weighted by Crippen LogP contribution is -2.00. The van der Waals surface area contributed by atoms with Crippen molar-refractivity contribution in [3.8, 4) is 11.1 Å². The fourth-order valence-electron chi connectivity index (χ4n) is 1.66. The van der Waals surface area contributed by atoms with Gasteiger partial charge in [-0.25, -0.2) is 9.97 Å².